The van der Waals surface area contributed by atoms with Gasteiger partial charge in [0, 0.05) is 25.7 Å². The van der Waals surface area contributed by atoms with Gasteiger partial charge in [-0.2, -0.15) is 0 Å². The summed E-state index contributed by atoms with van der Waals surface area (Å²) in [5.41, 5.74) is 1.38. The van der Waals surface area contributed by atoms with E-state index in [4.69, 9.17) is 12.2 Å². The van der Waals surface area contributed by atoms with Gasteiger partial charge in [-0.3, -0.25) is 4.90 Å². The molecular weight excluding hydrogens is 272 g/mol. The van der Waals surface area contributed by atoms with Crippen molar-refractivity contribution in [2.75, 3.05) is 26.2 Å². The van der Waals surface area contributed by atoms with Crippen molar-refractivity contribution in [2.24, 2.45) is 0 Å². The fourth-order valence-electron chi connectivity index (χ4n) is 2.75. The summed E-state index contributed by atoms with van der Waals surface area (Å²) in [6.07, 6.45) is 2.26. The van der Waals surface area contributed by atoms with E-state index in [0.29, 0.717) is 6.04 Å². The Morgan fingerprint density at radius 1 is 1.32 bits per heavy atom. The topological polar surface area (TPSA) is 6.48 Å². The third-order valence-electron chi connectivity index (χ3n) is 3.67. The van der Waals surface area contributed by atoms with Crippen molar-refractivity contribution >= 4 is 29.2 Å². The van der Waals surface area contributed by atoms with Crippen molar-refractivity contribution in [3.05, 3.63) is 35.9 Å². The van der Waals surface area contributed by atoms with E-state index in [1.54, 1.807) is 0 Å². The van der Waals surface area contributed by atoms with Gasteiger partial charge < -0.3 is 4.90 Å². The number of piperazine rings is 1. The molecule has 1 aromatic rings. The first-order valence-corrected chi connectivity index (χ1v) is 7.82. The zero-order chi connectivity index (χ0) is 13.7. The molecule has 1 saturated heterocycles. The first-order valence-electron chi connectivity index (χ1n) is 6.96. The number of nitrogens with zero attached hydrogens (tertiary/aromatic N) is 2. The van der Waals surface area contributed by atoms with Crippen LogP contribution in [0, 0.1) is 0 Å². The highest BCUT2D eigenvalue weighted by atomic mass is 32.1. The van der Waals surface area contributed by atoms with E-state index >= 15 is 0 Å². The van der Waals surface area contributed by atoms with Crippen molar-refractivity contribution < 1.29 is 0 Å². The van der Waals surface area contributed by atoms with Crippen molar-refractivity contribution in [3.8, 4) is 0 Å². The highest BCUT2D eigenvalue weighted by molar-refractivity contribution is 8.10. The highest BCUT2D eigenvalue weighted by Gasteiger charge is 2.27. The number of benzene rings is 1. The molecule has 4 heteroatoms. The van der Waals surface area contributed by atoms with Crippen molar-refractivity contribution in [2.45, 2.75) is 25.8 Å². The zero-order valence-corrected chi connectivity index (χ0v) is 13.2. The van der Waals surface area contributed by atoms with Gasteiger partial charge in [0.25, 0.3) is 0 Å². The Labute approximate surface area is 127 Å². The third kappa shape index (κ3) is 4.20. The van der Waals surface area contributed by atoms with Crippen molar-refractivity contribution in [1.29, 1.82) is 0 Å². The van der Waals surface area contributed by atoms with E-state index < -0.39 is 0 Å². The summed E-state index contributed by atoms with van der Waals surface area (Å²) < 4.78 is 0.733. The smallest absolute Gasteiger partial charge is 0.133 e. The second-order valence-corrected chi connectivity index (χ2v) is 6.23. The van der Waals surface area contributed by atoms with Crippen LogP contribution in [0.5, 0.6) is 0 Å². The number of thiocarbonyl (C=S) groups is 1. The van der Waals surface area contributed by atoms with Crippen molar-refractivity contribution in [3.63, 3.8) is 0 Å². The second kappa shape index (κ2) is 7.27. The van der Waals surface area contributed by atoms with Gasteiger partial charge in [-0.05, 0) is 24.9 Å². The molecule has 1 heterocycles. The van der Waals surface area contributed by atoms with Crippen LogP contribution in [0.15, 0.2) is 30.3 Å². The standard InChI is InChI=1S/C15H22N2S2/c1-2-8-16-9-10-17(15(18)19)14(12-16)11-13-6-4-3-5-7-13/h3-7,14H,2,8-12H2,1H3,(H,18,19). The van der Waals surface area contributed by atoms with Crippen molar-refractivity contribution in [1.82, 2.24) is 9.80 Å². The molecule has 1 fully saturated rings. The molecule has 0 aliphatic carbocycles. The Hall–Kier alpha value is -0.580. The maximum Gasteiger partial charge on any atom is 0.133 e. The summed E-state index contributed by atoms with van der Waals surface area (Å²) in [7, 11) is 0. The van der Waals surface area contributed by atoms with Crippen LogP contribution in [-0.2, 0) is 6.42 Å². The lowest BCUT2D eigenvalue weighted by molar-refractivity contribution is 0.130. The maximum absolute atomic E-state index is 5.28. The molecule has 1 aliphatic rings. The van der Waals surface area contributed by atoms with Gasteiger partial charge in [0.2, 0.25) is 0 Å². The number of thiol groups is 1. The molecule has 19 heavy (non-hydrogen) atoms. The Bertz CT molecular complexity index is 408. The van der Waals surface area contributed by atoms with E-state index in [1.807, 2.05) is 0 Å². The molecule has 2 rings (SSSR count). The first kappa shape index (κ1) is 14.8. The molecule has 0 bridgehead atoms. The lowest BCUT2D eigenvalue weighted by Gasteiger charge is -2.42. The van der Waals surface area contributed by atoms with Crippen LogP contribution < -0.4 is 0 Å². The van der Waals surface area contributed by atoms with Crippen LogP contribution in [-0.4, -0.2) is 46.3 Å². The zero-order valence-electron chi connectivity index (χ0n) is 11.5. The van der Waals surface area contributed by atoms with E-state index in [2.05, 4.69) is 59.7 Å². The summed E-state index contributed by atoms with van der Waals surface area (Å²) in [5.74, 6) is 0. The van der Waals surface area contributed by atoms with E-state index in [9.17, 15) is 0 Å². The van der Waals surface area contributed by atoms with Crippen LogP contribution in [0.1, 0.15) is 18.9 Å². The van der Waals surface area contributed by atoms with Gasteiger partial charge in [0.15, 0.2) is 0 Å². The van der Waals surface area contributed by atoms with Crippen LogP contribution in [0.25, 0.3) is 0 Å². The summed E-state index contributed by atoms with van der Waals surface area (Å²) in [6.45, 7) is 6.60. The van der Waals surface area contributed by atoms with Gasteiger partial charge in [-0.1, -0.05) is 49.5 Å². The summed E-state index contributed by atoms with van der Waals surface area (Å²) in [5, 5.41) is 0. The summed E-state index contributed by atoms with van der Waals surface area (Å²) >= 11 is 9.67. The van der Waals surface area contributed by atoms with Crippen LogP contribution in [0.3, 0.4) is 0 Å². The molecule has 0 saturated carbocycles. The highest BCUT2D eigenvalue weighted by Crippen LogP contribution is 2.17. The van der Waals surface area contributed by atoms with Crippen LogP contribution >= 0.6 is 24.8 Å². The number of hydrogen-bond donors (Lipinski definition) is 1. The average molecular weight is 294 g/mol. The minimum atomic E-state index is 0.452. The molecule has 0 radical (unpaired) electrons. The molecular formula is C15H22N2S2. The predicted molar refractivity (Wildman–Crippen MR) is 89.0 cm³/mol. The number of rotatable bonds is 4. The average Bonchev–Trinajstić information content (AvgIpc) is 2.40. The van der Waals surface area contributed by atoms with E-state index in [1.165, 1.54) is 18.5 Å². The molecule has 1 aromatic carbocycles. The molecule has 1 unspecified atom stereocenters. The van der Waals surface area contributed by atoms with Gasteiger partial charge >= 0.3 is 0 Å². The van der Waals surface area contributed by atoms with Gasteiger partial charge in [-0.25, -0.2) is 0 Å². The summed E-state index contributed by atoms with van der Waals surface area (Å²) in [6, 6.07) is 11.1. The Morgan fingerprint density at radius 3 is 2.68 bits per heavy atom. The normalized spacial score (nSPS) is 20.5. The third-order valence-corrected chi connectivity index (χ3v) is 4.16. The Morgan fingerprint density at radius 2 is 2.05 bits per heavy atom. The van der Waals surface area contributed by atoms with Gasteiger partial charge in [-0.15, -0.1) is 12.6 Å². The molecule has 2 nitrogen and oxygen atoms in total. The minimum absolute atomic E-state index is 0.452. The fourth-order valence-corrected chi connectivity index (χ4v) is 3.26. The van der Waals surface area contributed by atoms with Crippen LogP contribution in [0.2, 0.25) is 0 Å². The molecule has 0 spiro atoms. The number of hydrogen-bond acceptors (Lipinski definition) is 2. The van der Waals surface area contributed by atoms with E-state index in [-0.39, 0.29) is 0 Å². The Kier molecular flexibility index (Phi) is 5.67. The maximum atomic E-state index is 5.28. The fraction of sp³-hybridized carbons (Fsp3) is 0.533. The quantitative estimate of drug-likeness (QED) is 0.674. The Balaban J connectivity index is 2.05. The molecule has 1 atom stereocenters. The molecule has 0 amide bonds. The summed E-state index contributed by atoms with van der Waals surface area (Å²) in [4.78, 5) is 4.81. The first-order chi connectivity index (χ1) is 9.20. The van der Waals surface area contributed by atoms with Gasteiger partial charge in [0.1, 0.15) is 4.32 Å². The van der Waals surface area contributed by atoms with Gasteiger partial charge in [0.05, 0.1) is 0 Å². The monoisotopic (exact) mass is 294 g/mol. The lowest BCUT2D eigenvalue weighted by atomic mass is 10.0. The lowest BCUT2D eigenvalue weighted by Crippen LogP contribution is -2.54. The second-order valence-electron chi connectivity index (χ2n) is 5.12. The van der Waals surface area contributed by atoms with E-state index in [0.717, 1.165) is 30.4 Å². The molecule has 1 aliphatic heterocycles. The minimum Gasteiger partial charge on any atom is -0.352 e. The molecule has 0 aromatic heterocycles. The predicted octanol–water partition coefficient (Wildman–Crippen LogP) is 2.84. The SMILES string of the molecule is CCCN1CCN(C(=S)S)C(Cc2ccccc2)C1. The molecule has 104 valence electrons. The largest absolute Gasteiger partial charge is 0.352 e. The molecule has 0 N–H and O–H groups in total. The van der Waals surface area contributed by atoms with Crippen LogP contribution in [0.4, 0.5) is 0 Å².